The van der Waals surface area contributed by atoms with Crippen LogP contribution in [0.1, 0.15) is 72.1 Å². The van der Waals surface area contributed by atoms with Crippen LogP contribution in [0.5, 0.6) is 0 Å². The van der Waals surface area contributed by atoms with Gasteiger partial charge in [-0.2, -0.15) is 0 Å². The first-order chi connectivity index (χ1) is 7.20. The van der Waals surface area contributed by atoms with Crippen molar-refractivity contribution in [1.82, 2.24) is 0 Å². The van der Waals surface area contributed by atoms with Crippen LogP contribution in [0.4, 0.5) is 0 Å². The third-order valence-corrected chi connectivity index (χ3v) is 2.59. The Bertz CT molecular complexity index is 192. The van der Waals surface area contributed by atoms with Crippen molar-refractivity contribution in [3.63, 3.8) is 0 Å². The van der Waals surface area contributed by atoms with E-state index in [-0.39, 0.29) is 0 Å². The van der Waals surface area contributed by atoms with E-state index < -0.39 is 0 Å². The first-order valence-corrected chi connectivity index (χ1v) is 6.38. The zero-order valence-corrected chi connectivity index (χ0v) is 10.6. The van der Waals surface area contributed by atoms with E-state index in [2.05, 4.69) is 26.8 Å². The third kappa shape index (κ3) is 9.71. The van der Waals surface area contributed by atoms with Crippen LogP contribution in [-0.4, -0.2) is 5.78 Å². The second-order valence-corrected chi connectivity index (χ2v) is 4.37. The van der Waals surface area contributed by atoms with Crippen LogP contribution in [0, 0.1) is 0 Å². The normalized spacial score (nSPS) is 11.8. The molecule has 0 saturated heterocycles. The molecule has 0 spiro atoms. The molecule has 0 rings (SSSR count). The topological polar surface area (TPSA) is 17.1 Å². The van der Waals surface area contributed by atoms with Crippen molar-refractivity contribution in [2.24, 2.45) is 0 Å². The lowest BCUT2D eigenvalue weighted by molar-refractivity contribution is -0.118. The van der Waals surface area contributed by atoms with E-state index in [0.717, 1.165) is 19.3 Å². The van der Waals surface area contributed by atoms with Gasteiger partial charge in [0.15, 0.2) is 0 Å². The molecule has 0 aliphatic carbocycles. The molecule has 0 bridgehead atoms. The standard InChI is InChI=1S/C14H26O/c1-4-6-8-10-13(3)12-14(15)11-9-7-5-2/h10H,4-9,11-12H2,1-3H3. The fourth-order valence-corrected chi connectivity index (χ4v) is 1.60. The van der Waals surface area contributed by atoms with Crippen LogP contribution in [0.2, 0.25) is 0 Å². The van der Waals surface area contributed by atoms with Crippen molar-refractivity contribution < 1.29 is 4.79 Å². The Balaban J connectivity index is 3.60. The van der Waals surface area contributed by atoms with E-state index in [1.807, 2.05) is 0 Å². The summed E-state index contributed by atoms with van der Waals surface area (Å²) in [5.74, 6) is 0.411. The van der Waals surface area contributed by atoms with Gasteiger partial charge < -0.3 is 0 Å². The molecule has 0 amide bonds. The van der Waals surface area contributed by atoms with Gasteiger partial charge in [0.25, 0.3) is 0 Å². The third-order valence-electron chi connectivity index (χ3n) is 2.59. The minimum absolute atomic E-state index is 0.411. The number of unbranched alkanes of at least 4 members (excludes halogenated alkanes) is 4. The lowest BCUT2D eigenvalue weighted by Gasteiger charge is -2.01. The van der Waals surface area contributed by atoms with Gasteiger partial charge in [-0.3, -0.25) is 4.79 Å². The molecule has 15 heavy (non-hydrogen) atoms. The monoisotopic (exact) mass is 210 g/mol. The minimum atomic E-state index is 0.411. The largest absolute Gasteiger partial charge is 0.299 e. The maximum atomic E-state index is 11.5. The van der Waals surface area contributed by atoms with Gasteiger partial charge in [0.2, 0.25) is 0 Å². The number of carbonyl (C=O) groups is 1. The molecule has 0 aromatic rings. The summed E-state index contributed by atoms with van der Waals surface area (Å²) < 4.78 is 0. The summed E-state index contributed by atoms with van der Waals surface area (Å²) in [6.07, 6.45) is 10.7. The second kappa shape index (κ2) is 9.95. The van der Waals surface area contributed by atoms with Crippen molar-refractivity contribution in [1.29, 1.82) is 0 Å². The molecule has 0 saturated carbocycles. The molecule has 88 valence electrons. The summed E-state index contributed by atoms with van der Waals surface area (Å²) in [7, 11) is 0. The average molecular weight is 210 g/mol. The molecule has 0 aliphatic rings. The summed E-state index contributed by atoms with van der Waals surface area (Å²) in [6.45, 7) is 6.44. The Hall–Kier alpha value is -0.590. The molecule has 0 aromatic heterocycles. The molecule has 0 aliphatic heterocycles. The highest BCUT2D eigenvalue weighted by Crippen LogP contribution is 2.09. The molecule has 0 radical (unpaired) electrons. The van der Waals surface area contributed by atoms with Gasteiger partial charge in [-0.25, -0.2) is 0 Å². The van der Waals surface area contributed by atoms with Crippen molar-refractivity contribution in [2.75, 3.05) is 0 Å². The van der Waals surface area contributed by atoms with E-state index in [9.17, 15) is 4.79 Å². The molecule has 0 unspecified atom stereocenters. The average Bonchev–Trinajstić information content (AvgIpc) is 2.18. The number of rotatable bonds is 9. The van der Waals surface area contributed by atoms with Crippen LogP contribution < -0.4 is 0 Å². The molecule has 0 heterocycles. The Morgan fingerprint density at radius 2 is 1.73 bits per heavy atom. The van der Waals surface area contributed by atoms with E-state index in [1.165, 1.54) is 31.3 Å². The molecule has 0 aromatic carbocycles. The number of Topliss-reactive ketones (excluding diaryl/α,β-unsaturated/α-hetero) is 1. The Morgan fingerprint density at radius 3 is 2.33 bits per heavy atom. The molecule has 0 N–H and O–H groups in total. The van der Waals surface area contributed by atoms with Crippen LogP contribution in [0.25, 0.3) is 0 Å². The molecular weight excluding hydrogens is 184 g/mol. The lowest BCUT2D eigenvalue weighted by Crippen LogP contribution is -1.98. The molecular formula is C14H26O. The fraction of sp³-hybridized carbons (Fsp3) is 0.786. The Kier molecular flexibility index (Phi) is 9.55. The predicted octanol–water partition coefficient (Wildman–Crippen LogP) is 4.66. The maximum Gasteiger partial charge on any atom is 0.136 e. The number of hydrogen-bond acceptors (Lipinski definition) is 1. The number of hydrogen-bond donors (Lipinski definition) is 0. The van der Waals surface area contributed by atoms with Gasteiger partial charge >= 0.3 is 0 Å². The zero-order valence-electron chi connectivity index (χ0n) is 10.6. The van der Waals surface area contributed by atoms with Crippen LogP contribution in [-0.2, 0) is 4.79 Å². The van der Waals surface area contributed by atoms with E-state index in [1.54, 1.807) is 0 Å². The fourth-order valence-electron chi connectivity index (χ4n) is 1.60. The number of allylic oxidation sites excluding steroid dienone is 2. The summed E-state index contributed by atoms with van der Waals surface area (Å²) in [5, 5.41) is 0. The van der Waals surface area contributed by atoms with Crippen molar-refractivity contribution in [3.05, 3.63) is 11.6 Å². The van der Waals surface area contributed by atoms with Crippen molar-refractivity contribution in [2.45, 2.75) is 72.1 Å². The van der Waals surface area contributed by atoms with E-state index in [0.29, 0.717) is 12.2 Å². The highest BCUT2D eigenvalue weighted by atomic mass is 16.1. The number of ketones is 1. The van der Waals surface area contributed by atoms with Gasteiger partial charge in [-0.1, -0.05) is 51.2 Å². The van der Waals surface area contributed by atoms with Gasteiger partial charge in [-0.15, -0.1) is 0 Å². The smallest absolute Gasteiger partial charge is 0.136 e. The second-order valence-electron chi connectivity index (χ2n) is 4.37. The highest BCUT2D eigenvalue weighted by Gasteiger charge is 2.01. The van der Waals surface area contributed by atoms with Gasteiger partial charge in [0.05, 0.1) is 0 Å². The van der Waals surface area contributed by atoms with Crippen molar-refractivity contribution >= 4 is 5.78 Å². The summed E-state index contributed by atoms with van der Waals surface area (Å²) in [6, 6.07) is 0. The molecule has 1 nitrogen and oxygen atoms in total. The highest BCUT2D eigenvalue weighted by molar-refractivity contribution is 5.80. The summed E-state index contributed by atoms with van der Waals surface area (Å²) >= 11 is 0. The summed E-state index contributed by atoms with van der Waals surface area (Å²) in [5.41, 5.74) is 1.25. The van der Waals surface area contributed by atoms with Gasteiger partial charge in [-0.05, 0) is 19.8 Å². The van der Waals surface area contributed by atoms with Gasteiger partial charge in [0, 0.05) is 12.8 Å². The van der Waals surface area contributed by atoms with Crippen LogP contribution >= 0.6 is 0 Å². The van der Waals surface area contributed by atoms with Gasteiger partial charge in [0.1, 0.15) is 5.78 Å². The first kappa shape index (κ1) is 14.4. The molecule has 0 fully saturated rings. The molecule has 1 heteroatoms. The van der Waals surface area contributed by atoms with E-state index >= 15 is 0 Å². The maximum absolute atomic E-state index is 11.5. The Morgan fingerprint density at radius 1 is 1.07 bits per heavy atom. The SMILES string of the molecule is CCCCC=C(C)CC(=O)CCCCC. The Labute approximate surface area is 95.0 Å². The van der Waals surface area contributed by atoms with Crippen LogP contribution in [0.15, 0.2) is 11.6 Å². The first-order valence-electron chi connectivity index (χ1n) is 6.38. The predicted molar refractivity (Wildman–Crippen MR) is 67.0 cm³/mol. The minimum Gasteiger partial charge on any atom is -0.299 e. The lowest BCUT2D eigenvalue weighted by atomic mass is 10.0. The van der Waals surface area contributed by atoms with E-state index in [4.69, 9.17) is 0 Å². The summed E-state index contributed by atoms with van der Waals surface area (Å²) in [4.78, 5) is 11.5. The van der Waals surface area contributed by atoms with Crippen molar-refractivity contribution in [3.8, 4) is 0 Å². The molecule has 0 atom stereocenters. The zero-order chi connectivity index (χ0) is 11.5. The quantitative estimate of drug-likeness (QED) is 0.399. The van der Waals surface area contributed by atoms with Crippen LogP contribution in [0.3, 0.4) is 0 Å². The number of carbonyl (C=O) groups excluding carboxylic acids is 1.